The predicted molar refractivity (Wildman–Crippen MR) is 51.3 cm³/mol. The average molecular weight is 171 g/mol. The summed E-state index contributed by atoms with van der Waals surface area (Å²) in [5.41, 5.74) is 2.28. The molecule has 65 valence electrons. The van der Waals surface area contributed by atoms with E-state index in [-0.39, 0.29) is 0 Å². The van der Waals surface area contributed by atoms with E-state index in [1.54, 1.807) is 0 Å². The molecular weight excluding hydrogens is 160 g/mol. The van der Waals surface area contributed by atoms with Crippen molar-refractivity contribution < 1.29 is 0 Å². The maximum absolute atomic E-state index is 4.24. The van der Waals surface area contributed by atoms with Crippen LogP contribution in [0.3, 0.4) is 0 Å². The second-order valence-corrected chi connectivity index (χ2v) is 3.75. The Labute approximate surface area is 77.2 Å². The minimum absolute atomic E-state index is 0.883. The summed E-state index contributed by atoms with van der Waals surface area (Å²) in [5, 5.41) is 0. The molecule has 1 fully saturated rings. The third-order valence-corrected chi connectivity index (χ3v) is 2.60. The van der Waals surface area contributed by atoms with Crippen LogP contribution in [0.25, 0.3) is 11.0 Å². The van der Waals surface area contributed by atoms with E-state index in [1.165, 1.54) is 18.4 Å². The van der Waals surface area contributed by atoms with Crippen LogP contribution < -0.4 is 0 Å². The lowest BCUT2D eigenvalue weighted by atomic mass is 10.3. The van der Waals surface area contributed by atoms with Gasteiger partial charge in [-0.15, -0.1) is 0 Å². The fourth-order valence-electron chi connectivity index (χ4n) is 1.65. The Hall–Kier alpha value is -1.31. The van der Waals surface area contributed by atoms with Crippen molar-refractivity contribution in [2.24, 2.45) is 5.92 Å². The van der Waals surface area contributed by atoms with E-state index >= 15 is 0 Å². The summed E-state index contributed by atoms with van der Waals surface area (Å²) >= 11 is 0. The van der Waals surface area contributed by atoms with Gasteiger partial charge in [0.1, 0.15) is 0 Å². The largest absolute Gasteiger partial charge is 0.321 e. The lowest BCUT2D eigenvalue weighted by Crippen LogP contribution is -1.97. The minimum atomic E-state index is 0.883. The first-order valence-electron chi connectivity index (χ1n) is 4.76. The molecule has 3 rings (SSSR count). The fourth-order valence-corrected chi connectivity index (χ4v) is 1.65. The molecule has 0 atom stereocenters. The quantitative estimate of drug-likeness (QED) is 0.677. The molecule has 1 radical (unpaired) electrons. The SMILES string of the molecule is [c]1nc2ccccc2n1CC1CC1. The Morgan fingerprint density at radius 1 is 1.38 bits per heavy atom. The second-order valence-electron chi connectivity index (χ2n) is 3.75. The molecular formula is C11H11N2. The zero-order chi connectivity index (χ0) is 8.67. The van der Waals surface area contributed by atoms with E-state index in [9.17, 15) is 0 Å². The van der Waals surface area contributed by atoms with Gasteiger partial charge in [0.15, 0.2) is 6.33 Å². The lowest BCUT2D eigenvalue weighted by Gasteiger charge is -2.00. The summed E-state index contributed by atoms with van der Waals surface area (Å²) < 4.78 is 2.15. The van der Waals surface area contributed by atoms with E-state index < -0.39 is 0 Å². The van der Waals surface area contributed by atoms with Crippen LogP contribution in [-0.2, 0) is 6.54 Å². The number of hydrogen-bond donors (Lipinski definition) is 0. The van der Waals surface area contributed by atoms with Crippen molar-refractivity contribution >= 4 is 11.0 Å². The molecule has 1 aliphatic rings. The molecule has 1 aromatic heterocycles. The predicted octanol–water partition coefficient (Wildman–Crippen LogP) is 2.25. The van der Waals surface area contributed by atoms with Crippen molar-refractivity contribution in [1.29, 1.82) is 0 Å². The summed E-state index contributed by atoms with van der Waals surface area (Å²) in [4.78, 5) is 4.24. The van der Waals surface area contributed by atoms with Crippen LogP contribution in [0.15, 0.2) is 24.3 Å². The third kappa shape index (κ3) is 1.22. The van der Waals surface area contributed by atoms with Crippen molar-refractivity contribution in [3.8, 4) is 0 Å². The highest BCUT2D eigenvalue weighted by Gasteiger charge is 2.22. The van der Waals surface area contributed by atoms with Crippen molar-refractivity contribution in [2.45, 2.75) is 19.4 Å². The fraction of sp³-hybridized carbons (Fsp3) is 0.364. The Kier molecular flexibility index (Phi) is 1.42. The zero-order valence-electron chi connectivity index (χ0n) is 7.40. The number of aromatic nitrogens is 2. The van der Waals surface area contributed by atoms with E-state index in [1.807, 2.05) is 12.1 Å². The summed E-state index contributed by atoms with van der Waals surface area (Å²) in [6.45, 7) is 1.10. The number of imidazole rings is 1. The minimum Gasteiger partial charge on any atom is -0.321 e. The Morgan fingerprint density at radius 2 is 2.23 bits per heavy atom. The molecule has 0 unspecified atom stereocenters. The first kappa shape index (κ1) is 7.13. The maximum Gasteiger partial charge on any atom is 0.177 e. The molecule has 13 heavy (non-hydrogen) atoms. The molecule has 2 nitrogen and oxygen atoms in total. The van der Waals surface area contributed by atoms with E-state index in [0.717, 1.165) is 18.0 Å². The van der Waals surface area contributed by atoms with Gasteiger partial charge in [-0.2, -0.15) is 0 Å². The highest BCUT2D eigenvalue weighted by Crippen LogP contribution is 2.31. The lowest BCUT2D eigenvalue weighted by molar-refractivity contribution is 0.638. The van der Waals surface area contributed by atoms with Crippen LogP contribution in [0.1, 0.15) is 12.8 Å². The molecule has 0 bridgehead atoms. The molecule has 0 N–H and O–H groups in total. The molecule has 0 saturated heterocycles. The van der Waals surface area contributed by atoms with Crippen molar-refractivity contribution in [1.82, 2.24) is 9.55 Å². The smallest absolute Gasteiger partial charge is 0.177 e. The van der Waals surface area contributed by atoms with Gasteiger partial charge in [0, 0.05) is 6.54 Å². The molecule has 1 aromatic carbocycles. The van der Waals surface area contributed by atoms with Crippen molar-refractivity contribution in [2.75, 3.05) is 0 Å². The van der Waals surface area contributed by atoms with Crippen LogP contribution in [-0.4, -0.2) is 9.55 Å². The Balaban J connectivity index is 2.06. The highest BCUT2D eigenvalue weighted by atomic mass is 15.0. The van der Waals surface area contributed by atoms with Gasteiger partial charge in [-0.25, -0.2) is 4.98 Å². The van der Waals surface area contributed by atoms with Crippen molar-refractivity contribution in [3.63, 3.8) is 0 Å². The van der Waals surface area contributed by atoms with Gasteiger partial charge in [-0.3, -0.25) is 0 Å². The molecule has 1 saturated carbocycles. The topological polar surface area (TPSA) is 17.8 Å². The molecule has 1 aliphatic carbocycles. The summed E-state index contributed by atoms with van der Waals surface area (Å²) in [5.74, 6) is 0.883. The van der Waals surface area contributed by atoms with Gasteiger partial charge in [0.25, 0.3) is 0 Å². The van der Waals surface area contributed by atoms with E-state index in [4.69, 9.17) is 0 Å². The zero-order valence-corrected chi connectivity index (χ0v) is 7.40. The molecule has 0 amide bonds. The summed E-state index contributed by atoms with van der Waals surface area (Å²) in [7, 11) is 0. The molecule has 0 spiro atoms. The van der Waals surface area contributed by atoms with Gasteiger partial charge in [-0.05, 0) is 30.9 Å². The van der Waals surface area contributed by atoms with Crippen LogP contribution in [0.5, 0.6) is 0 Å². The average Bonchev–Trinajstić information content (AvgIpc) is 2.88. The molecule has 2 heteroatoms. The molecule has 1 heterocycles. The van der Waals surface area contributed by atoms with E-state index in [0.29, 0.717) is 0 Å². The highest BCUT2D eigenvalue weighted by molar-refractivity contribution is 5.74. The number of hydrogen-bond acceptors (Lipinski definition) is 1. The number of rotatable bonds is 2. The first-order valence-corrected chi connectivity index (χ1v) is 4.76. The van der Waals surface area contributed by atoms with Gasteiger partial charge < -0.3 is 4.57 Å². The molecule has 2 aromatic rings. The Morgan fingerprint density at radius 3 is 3.08 bits per heavy atom. The van der Waals surface area contributed by atoms with E-state index in [2.05, 4.69) is 28.0 Å². The van der Waals surface area contributed by atoms with Gasteiger partial charge in [0.2, 0.25) is 0 Å². The standard InChI is InChI=1S/C11H11N2/c1-2-4-11-10(3-1)12-8-13(11)7-9-5-6-9/h1-4,9H,5-7H2. The number of benzene rings is 1. The third-order valence-electron chi connectivity index (χ3n) is 2.60. The first-order chi connectivity index (χ1) is 6.43. The van der Waals surface area contributed by atoms with Gasteiger partial charge in [0.05, 0.1) is 11.0 Å². The number of para-hydroxylation sites is 2. The van der Waals surface area contributed by atoms with Gasteiger partial charge >= 0.3 is 0 Å². The normalized spacial score (nSPS) is 16.6. The second kappa shape index (κ2) is 2.59. The summed E-state index contributed by atoms with van der Waals surface area (Å²) in [6.07, 6.45) is 5.80. The number of nitrogens with zero attached hydrogens (tertiary/aromatic N) is 2. The van der Waals surface area contributed by atoms with Crippen LogP contribution in [0.4, 0.5) is 0 Å². The van der Waals surface area contributed by atoms with Gasteiger partial charge in [-0.1, -0.05) is 12.1 Å². The monoisotopic (exact) mass is 171 g/mol. The van der Waals surface area contributed by atoms with Crippen LogP contribution in [0, 0.1) is 12.2 Å². The molecule has 0 aliphatic heterocycles. The van der Waals surface area contributed by atoms with Crippen molar-refractivity contribution in [3.05, 3.63) is 30.6 Å². The van der Waals surface area contributed by atoms with Crippen LogP contribution >= 0.6 is 0 Å². The maximum atomic E-state index is 4.24. The Bertz CT molecular complexity index is 426. The summed E-state index contributed by atoms with van der Waals surface area (Å²) in [6, 6.07) is 8.22. The number of fused-ring (bicyclic) bond motifs is 1. The van der Waals surface area contributed by atoms with Crippen LogP contribution in [0.2, 0.25) is 0 Å².